The van der Waals surface area contributed by atoms with E-state index in [1.807, 2.05) is 7.05 Å². The fourth-order valence-electron chi connectivity index (χ4n) is 4.13. The first-order chi connectivity index (χ1) is 14.2. The van der Waals surface area contributed by atoms with Gasteiger partial charge in [0, 0.05) is 6.42 Å². The molecule has 0 amide bonds. The molecule has 168 valence electrons. The van der Waals surface area contributed by atoms with Crippen molar-refractivity contribution in [1.29, 1.82) is 0 Å². The monoisotopic (exact) mass is 407 g/mol. The van der Waals surface area contributed by atoms with E-state index in [-0.39, 0.29) is 0 Å². The number of unbranched alkanes of at least 4 members (excludes halogenated alkanes) is 17. The molecule has 1 rings (SSSR count). The highest BCUT2D eigenvalue weighted by Gasteiger charge is 2.19. The third-order valence-electron chi connectivity index (χ3n) is 6.13. The van der Waals surface area contributed by atoms with Gasteiger partial charge in [-0.05, 0) is 6.42 Å². The second-order valence-electron chi connectivity index (χ2n) is 8.75. The van der Waals surface area contributed by atoms with Gasteiger partial charge < -0.3 is 5.11 Å². The number of carbonyl (C=O) groups is 1. The Labute approximate surface area is 179 Å². The Kier molecular flexibility index (Phi) is 15.5. The van der Waals surface area contributed by atoms with E-state index < -0.39 is 5.97 Å². The summed E-state index contributed by atoms with van der Waals surface area (Å²) in [5, 5.41) is 9.07. The maximum atomic E-state index is 11.0. The molecule has 29 heavy (non-hydrogen) atoms. The summed E-state index contributed by atoms with van der Waals surface area (Å²) in [7, 11) is 1.82. The van der Waals surface area contributed by atoms with Crippen LogP contribution in [-0.2, 0) is 13.5 Å². The molecule has 0 bridgehead atoms. The van der Waals surface area contributed by atoms with Crippen molar-refractivity contribution in [2.24, 2.45) is 7.05 Å². The number of aryl methyl sites for hydroxylation is 1. The molecule has 0 unspecified atom stereocenters. The van der Waals surface area contributed by atoms with Crippen molar-refractivity contribution in [3.63, 3.8) is 0 Å². The lowest BCUT2D eigenvalue weighted by atomic mass is 10.0. The number of imidazole rings is 1. The summed E-state index contributed by atoms with van der Waals surface area (Å²) in [5.74, 6) is 0.145. The highest BCUT2D eigenvalue weighted by molar-refractivity contribution is 5.83. The van der Waals surface area contributed by atoms with Gasteiger partial charge in [-0.3, -0.25) is 0 Å². The predicted octanol–water partition coefficient (Wildman–Crippen LogP) is 7.12. The Bertz CT molecular complexity index is 525. The highest BCUT2D eigenvalue weighted by atomic mass is 16.4. The normalized spacial score (nSPS) is 11.2. The molecule has 2 N–H and O–H groups in total. The lowest BCUT2D eigenvalue weighted by molar-refractivity contribution is -0.680. The molecule has 0 spiro atoms. The summed E-state index contributed by atoms with van der Waals surface area (Å²) in [6.07, 6.45) is 27.5. The zero-order valence-electron chi connectivity index (χ0n) is 19.3. The quantitative estimate of drug-likeness (QED) is 0.178. The maximum Gasteiger partial charge on any atom is 0.379 e. The van der Waals surface area contributed by atoms with Crippen molar-refractivity contribution < 1.29 is 14.5 Å². The van der Waals surface area contributed by atoms with E-state index in [9.17, 15) is 4.79 Å². The van der Waals surface area contributed by atoms with Crippen molar-refractivity contribution in [3.05, 3.63) is 17.7 Å². The molecular weight excluding hydrogens is 360 g/mol. The summed E-state index contributed by atoms with van der Waals surface area (Å²) in [4.78, 5) is 14.1. The summed E-state index contributed by atoms with van der Waals surface area (Å²) < 4.78 is 1.76. The van der Waals surface area contributed by atoms with Gasteiger partial charge in [0.05, 0.1) is 7.05 Å². The molecule has 0 aliphatic heterocycles. The molecule has 0 aromatic carbocycles. The van der Waals surface area contributed by atoms with E-state index in [0.717, 1.165) is 18.7 Å². The topological polar surface area (TPSA) is 57.0 Å². The van der Waals surface area contributed by atoms with E-state index in [4.69, 9.17) is 5.11 Å². The molecule has 0 fully saturated rings. The molecule has 0 aliphatic rings. The Hall–Kier alpha value is -1.32. The Balaban J connectivity index is 1.80. The molecule has 0 saturated heterocycles. The molecule has 0 atom stereocenters. The number of nitrogens with one attached hydrogen (secondary N) is 1. The molecule has 0 saturated carbocycles. The Morgan fingerprint density at radius 3 is 1.48 bits per heavy atom. The largest absolute Gasteiger partial charge is 0.475 e. The summed E-state index contributed by atoms with van der Waals surface area (Å²) in [5.41, 5.74) is 0.336. The average Bonchev–Trinajstić information content (AvgIpc) is 3.07. The molecule has 1 aromatic rings. The molecule has 4 heteroatoms. The fraction of sp³-hybridized carbons (Fsp3) is 0.840. The van der Waals surface area contributed by atoms with Gasteiger partial charge in [0.2, 0.25) is 0 Å². The Morgan fingerprint density at radius 1 is 0.759 bits per heavy atom. The van der Waals surface area contributed by atoms with Crippen molar-refractivity contribution in [2.45, 2.75) is 129 Å². The van der Waals surface area contributed by atoms with Crippen LogP contribution in [0.3, 0.4) is 0 Å². The van der Waals surface area contributed by atoms with Crippen molar-refractivity contribution in [3.8, 4) is 0 Å². The van der Waals surface area contributed by atoms with Gasteiger partial charge in [0.25, 0.3) is 11.5 Å². The number of H-pyrrole nitrogens is 1. The number of aromatic nitrogens is 2. The van der Waals surface area contributed by atoms with E-state index in [1.54, 1.807) is 10.8 Å². The van der Waals surface area contributed by atoms with Gasteiger partial charge in [0.1, 0.15) is 6.20 Å². The second-order valence-corrected chi connectivity index (χ2v) is 8.75. The van der Waals surface area contributed by atoms with Crippen LogP contribution in [0, 0.1) is 0 Å². The van der Waals surface area contributed by atoms with Gasteiger partial charge in [-0.15, -0.1) is 0 Å². The molecule has 1 heterocycles. The van der Waals surface area contributed by atoms with Crippen molar-refractivity contribution in [1.82, 2.24) is 4.98 Å². The van der Waals surface area contributed by atoms with Crippen molar-refractivity contribution in [2.75, 3.05) is 0 Å². The average molecular weight is 408 g/mol. The number of nitrogens with zero attached hydrogens (tertiary/aromatic N) is 1. The highest BCUT2D eigenvalue weighted by Crippen LogP contribution is 2.14. The first-order valence-electron chi connectivity index (χ1n) is 12.5. The lowest BCUT2D eigenvalue weighted by Crippen LogP contribution is -2.37. The van der Waals surface area contributed by atoms with Gasteiger partial charge in [0.15, 0.2) is 0 Å². The molecular formula is C25H47N2O2+. The van der Waals surface area contributed by atoms with Crippen LogP contribution < -0.4 is 4.57 Å². The van der Waals surface area contributed by atoms with Crippen LogP contribution in [0.1, 0.15) is 139 Å². The predicted molar refractivity (Wildman–Crippen MR) is 121 cm³/mol. The third kappa shape index (κ3) is 12.8. The van der Waals surface area contributed by atoms with Crippen LogP contribution in [0.5, 0.6) is 0 Å². The van der Waals surface area contributed by atoms with Crippen LogP contribution in [0.25, 0.3) is 0 Å². The fourth-order valence-corrected chi connectivity index (χ4v) is 4.13. The van der Waals surface area contributed by atoms with Crippen LogP contribution in [0.15, 0.2) is 6.20 Å². The van der Waals surface area contributed by atoms with Gasteiger partial charge in [-0.1, -0.05) is 116 Å². The van der Waals surface area contributed by atoms with E-state index in [1.165, 1.54) is 109 Å². The van der Waals surface area contributed by atoms with E-state index >= 15 is 0 Å². The molecule has 4 nitrogen and oxygen atoms in total. The van der Waals surface area contributed by atoms with Crippen LogP contribution >= 0.6 is 0 Å². The standard InChI is InChI=1S/C25H46N2O2/c1-3-4-5-6-7-8-9-10-11-12-13-14-15-16-17-18-19-20-21-24-26-22-23(25(28)29)27(24)2/h22H,3-21H2,1-2H3,(H,28,29)/p+1. The summed E-state index contributed by atoms with van der Waals surface area (Å²) in [6.45, 7) is 2.28. The summed E-state index contributed by atoms with van der Waals surface area (Å²) >= 11 is 0. The number of rotatable bonds is 20. The van der Waals surface area contributed by atoms with Crippen LogP contribution in [0.2, 0.25) is 0 Å². The summed E-state index contributed by atoms with van der Waals surface area (Å²) in [6, 6.07) is 0. The SMILES string of the molecule is CCCCCCCCCCCCCCCCCCCCc1[nH]cc(C(=O)O)[n+]1C. The van der Waals surface area contributed by atoms with Crippen molar-refractivity contribution >= 4 is 5.97 Å². The molecule has 0 radical (unpaired) electrons. The first kappa shape index (κ1) is 25.7. The number of hydrogen-bond donors (Lipinski definition) is 2. The smallest absolute Gasteiger partial charge is 0.379 e. The zero-order chi connectivity index (χ0) is 21.2. The minimum absolute atomic E-state index is 0.336. The molecule has 0 aliphatic carbocycles. The third-order valence-corrected chi connectivity index (χ3v) is 6.13. The lowest BCUT2D eigenvalue weighted by Gasteiger charge is -2.03. The van der Waals surface area contributed by atoms with Gasteiger partial charge >= 0.3 is 5.97 Å². The number of hydrogen-bond acceptors (Lipinski definition) is 1. The Morgan fingerprint density at radius 2 is 1.14 bits per heavy atom. The first-order valence-corrected chi connectivity index (χ1v) is 12.5. The number of aromatic amines is 1. The minimum atomic E-state index is -0.868. The number of aromatic carboxylic acids is 1. The maximum absolute atomic E-state index is 11.0. The van der Waals surface area contributed by atoms with E-state index in [2.05, 4.69) is 11.9 Å². The number of carboxylic acids is 1. The van der Waals surface area contributed by atoms with Gasteiger partial charge in [-0.25, -0.2) is 14.3 Å². The van der Waals surface area contributed by atoms with Crippen LogP contribution in [-0.4, -0.2) is 16.1 Å². The van der Waals surface area contributed by atoms with E-state index in [0.29, 0.717) is 5.69 Å². The zero-order valence-corrected chi connectivity index (χ0v) is 19.3. The van der Waals surface area contributed by atoms with Crippen LogP contribution in [0.4, 0.5) is 0 Å². The minimum Gasteiger partial charge on any atom is -0.475 e. The number of carboxylic acid groups (broad SMARTS) is 1. The second kappa shape index (κ2) is 17.5. The molecule has 1 aromatic heterocycles. The van der Waals surface area contributed by atoms with Gasteiger partial charge in [-0.2, -0.15) is 0 Å².